The van der Waals surface area contributed by atoms with E-state index >= 15 is 0 Å². The Morgan fingerprint density at radius 1 is 1.47 bits per heavy atom. The molecule has 2 rings (SSSR count). The van der Waals surface area contributed by atoms with Gasteiger partial charge in [-0.2, -0.15) is 0 Å². The van der Waals surface area contributed by atoms with Gasteiger partial charge in [0.15, 0.2) is 0 Å². The van der Waals surface area contributed by atoms with Crippen LogP contribution in [0.4, 0.5) is 11.4 Å². The number of aromatic nitrogens is 1. The van der Waals surface area contributed by atoms with Gasteiger partial charge >= 0.3 is 0 Å². The first-order valence-electron chi connectivity index (χ1n) is 5.23. The molecule has 5 heteroatoms. The Kier molecular flexibility index (Phi) is 3.54. The van der Waals surface area contributed by atoms with Crippen molar-refractivity contribution in [1.82, 2.24) is 4.98 Å². The number of aryl methyl sites for hydroxylation is 1. The number of nitrogens with two attached hydrogens (primary N) is 1. The van der Waals surface area contributed by atoms with Crippen molar-refractivity contribution in [3.8, 4) is 0 Å². The zero-order valence-electron chi connectivity index (χ0n) is 9.77. The highest BCUT2D eigenvalue weighted by molar-refractivity contribution is 7.09. The van der Waals surface area contributed by atoms with E-state index < -0.39 is 0 Å². The molecule has 0 amide bonds. The van der Waals surface area contributed by atoms with E-state index in [1.54, 1.807) is 11.3 Å². The predicted octanol–water partition coefficient (Wildman–Crippen LogP) is 3.32. The Morgan fingerprint density at radius 3 is 2.82 bits per heavy atom. The SMILES string of the molecule is Cc1ncsc1CN(C)c1c(N)cccc1Cl. The number of halogens is 1. The molecule has 90 valence electrons. The maximum Gasteiger partial charge on any atom is 0.0798 e. The van der Waals surface area contributed by atoms with E-state index in [2.05, 4.69) is 9.88 Å². The van der Waals surface area contributed by atoms with Crippen LogP contribution in [0.25, 0.3) is 0 Å². The molecule has 0 fully saturated rings. The molecule has 0 saturated carbocycles. The van der Waals surface area contributed by atoms with Crippen LogP contribution in [-0.4, -0.2) is 12.0 Å². The fourth-order valence-electron chi connectivity index (χ4n) is 1.71. The highest BCUT2D eigenvalue weighted by atomic mass is 35.5. The van der Waals surface area contributed by atoms with Gasteiger partial charge in [0.2, 0.25) is 0 Å². The summed E-state index contributed by atoms with van der Waals surface area (Å²) in [5.41, 5.74) is 10.4. The molecule has 2 aromatic rings. The summed E-state index contributed by atoms with van der Waals surface area (Å²) in [7, 11) is 1.98. The van der Waals surface area contributed by atoms with Gasteiger partial charge in [-0.15, -0.1) is 11.3 Å². The molecule has 0 aliphatic rings. The van der Waals surface area contributed by atoms with Crippen LogP contribution >= 0.6 is 22.9 Å². The van der Waals surface area contributed by atoms with Crippen molar-refractivity contribution in [2.45, 2.75) is 13.5 Å². The second kappa shape index (κ2) is 4.94. The van der Waals surface area contributed by atoms with Crippen molar-refractivity contribution < 1.29 is 0 Å². The van der Waals surface area contributed by atoms with Crippen molar-refractivity contribution in [2.75, 3.05) is 17.7 Å². The molecule has 1 aromatic heterocycles. The molecule has 17 heavy (non-hydrogen) atoms. The third kappa shape index (κ3) is 2.53. The number of nitrogen functional groups attached to an aromatic ring is 1. The maximum absolute atomic E-state index is 6.17. The van der Waals surface area contributed by atoms with Gasteiger partial charge in [-0.25, -0.2) is 4.98 Å². The van der Waals surface area contributed by atoms with Crippen molar-refractivity contribution in [3.05, 3.63) is 39.3 Å². The zero-order chi connectivity index (χ0) is 12.4. The zero-order valence-corrected chi connectivity index (χ0v) is 11.3. The van der Waals surface area contributed by atoms with Crippen LogP contribution in [0.2, 0.25) is 5.02 Å². The number of benzene rings is 1. The Balaban J connectivity index is 2.26. The van der Waals surface area contributed by atoms with Crippen molar-refractivity contribution in [3.63, 3.8) is 0 Å². The summed E-state index contributed by atoms with van der Waals surface area (Å²) in [6, 6.07) is 5.56. The van der Waals surface area contributed by atoms with Crippen LogP contribution in [-0.2, 0) is 6.54 Å². The van der Waals surface area contributed by atoms with Crippen LogP contribution in [0.15, 0.2) is 23.7 Å². The molecule has 2 N–H and O–H groups in total. The first kappa shape index (κ1) is 12.2. The number of anilines is 2. The smallest absolute Gasteiger partial charge is 0.0798 e. The molecule has 0 aliphatic carbocycles. The first-order chi connectivity index (χ1) is 8.09. The lowest BCUT2D eigenvalue weighted by Crippen LogP contribution is -2.18. The normalized spacial score (nSPS) is 10.5. The lowest BCUT2D eigenvalue weighted by molar-refractivity contribution is 0.928. The van der Waals surface area contributed by atoms with Crippen LogP contribution in [0.5, 0.6) is 0 Å². The topological polar surface area (TPSA) is 42.2 Å². The Bertz CT molecular complexity index is 504. The van der Waals surface area contributed by atoms with Crippen LogP contribution in [0.3, 0.4) is 0 Å². The van der Waals surface area contributed by atoms with E-state index in [0.29, 0.717) is 10.7 Å². The molecule has 0 bridgehead atoms. The van der Waals surface area contributed by atoms with Gasteiger partial charge in [-0.05, 0) is 19.1 Å². The van der Waals surface area contributed by atoms with Crippen LogP contribution < -0.4 is 10.6 Å². The highest BCUT2D eigenvalue weighted by Gasteiger charge is 2.12. The van der Waals surface area contributed by atoms with Crippen molar-refractivity contribution in [1.29, 1.82) is 0 Å². The third-order valence-corrected chi connectivity index (χ3v) is 3.85. The van der Waals surface area contributed by atoms with E-state index in [1.807, 2.05) is 37.7 Å². The predicted molar refractivity (Wildman–Crippen MR) is 74.8 cm³/mol. The number of para-hydroxylation sites is 1. The molecular formula is C12H14ClN3S. The average Bonchev–Trinajstić information content (AvgIpc) is 2.64. The molecular weight excluding hydrogens is 254 g/mol. The van der Waals surface area contributed by atoms with E-state index in [9.17, 15) is 0 Å². The molecule has 0 aliphatic heterocycles. The summed E-state index contributed by atoms with van der Waals surface area (Å²) >= 11 is 7.82. The minimum absolute atomic E-state index is 0.676. The van der Waals surface area contributed by atoms with Crippen molar-refractivity contribution in [2.24, 2.45) is 0 Å². The second-order valence-corrected chi connectivity index (χ2v) is 5.24. The molecule has 0 atom stereocenters. The average molecular weight is 268 g/mol. The summed E-state index contributed by atoms with van der Waals surface area (Å²) in [5.74, 6) is 0. The summed E-state index contributed by atoms with van der Waals surface area (Å²) in [6.07, 6.45) is 0. The molecule has 0 radical (unpaired) electrons. The first-order valence-corrected chi connectivity index (χ1v) is 6.49. The minimum Gasteiger partial charge on any atom is -0.397 e. The summed E-state index contributed by atoms with van der Waals surface area (Å²) in [6.45, 7) is 2.78. The Morgan fingerprint density at radius 2 is 2.24 bits per heavy atom. The molecule has 3 nitrogen and oxygen atoms in total. The summed E-state index contributed by atoms with van der Waals surface area (Å²) < 4.78 is 0. The monoisotopic (exact) mass is 267 g/mol. The van der Waals surface area contributed by atoms with Gasteiger partial charge < -0.3 is 10.6 Å². The van der Waals surface area contributed by atoms with E-state index in [-0.39, 0.29) is 0 Å². The van der Waals surface area contributed by atoms with Gasteiger partial charge in [0.1, 0.15) is 0 Å². The summed E-state index contributed by atoms with van der Waals surface area (Å²) in [5, 5.41) is 0.676. The molecule has 0 spiro atoms. The molecule has 1 aromatic carbocycles. The fraction of sp³-hybridized carbons (Fsp3) is 0.250. The minimum atomic E-state index is 0.676. The standard InChI is InChI=1S/C12H14ClN3S/c1-8-11(17-7-15-8)6-16(2)12-9(13)4-3-5-10(12)14/h3-5,7H,6,14H2,1-2H3. The lowest BCUT2D eigenvalue weighted by Gasteiger charge is -2.21. The lowest BCUT2D eigenvalue weighted by atomic mass is 10.2. The molecule has 0 saturated heterocycles. The summed E-state index contributed by atoms with van der Waals surface area (Å²) in [4.78, 5) is 7.52. The van der Waals surface area contributed by atoms with Crippen LogP contribution in [0, 0.1) is 6.92 Å². The van der Waals surface area contributed by atoms with Gasteiger partial charge in [0.25, 0.3) is 0 Å². The van der Waals surface area contributed by atoms with Gasteiger partial charge in [0, 0.05) is 11.9 Å². The fourth-order valence-corrected chi connectivity index (χ4v) is 2.86. The number of thiazole rings is 1. The second-order valence-electron chi connectivity index (χ2n) is 3.89. The number of nitrogens with zero attached hydrogens (tertiary/aromatic N) is 2. The highest BCUT2D eigenvalue weighted by Crippen LogP contribution is 2.32. The van der Waals surface area contributed by atoms with Gasteiger partial charge in [-0.1, -0.05) is 17.7 Å². The largest absolute Gasteiger partial charge is 0.397 e. The van der Waals surface area contributed by atoms with E-state index in [0.717, 1.165) is 17.9 Å². The van der Waals surface area contributed by atoms with Crippen LogP contribution in [0.1, 0.15) is 10.6 Å². The number of rotatable bonds is 3. The van der Waals surface area contributed by atoms with E-state index in [1.165, 1.54) is 4.88 Å². The molecule has 1 heterocycles. The van der Waals surface area contributed by atoms with Gasteiger partial charge in [0.05, 0.1) is 34.1 Å². The number of hydrogen-bond donors (Lipinski definition) is 1. The maximum atomic E-state index is 6.17. The molecule has 0 unspecified atom stereocenters. The van der Waals surface area contributed by atoms with Gasteiger partial charge in [-0.3, -0.25) is 0 Å². The number of hydrogen-bond acceptors (Lipinski definition) is 4. The van der Waals surface area contributed by atoms with Crippen molar-refractivity contribution >= 4 is 34.3 Å². The third-order valence-electron chi connectivity index (χ3n) is 2.63. The Labute approximate surface area is 110 Å². The Hall–Kier alpha value is -1.26. The quantitative estimate of drug-likeness (QED) is 0.868. The van der Waals surface area contributed by atoms with E-state index in [4.69, 9.17) is 17.3 Å².